The Morgan fingerprint density at radius 3 is 2.53 bits per heavy atom. The molecule has 0 spiro atoms. The Hall–Kier alpha value is -1.52. The fraction of sp³-hybridized carbons (Fsp3) is 0. The number of hydrogen-bond acceptors (Lipinski definition) is 2. The van der Waals surface area contributed by atoms with Crippen LogP contribution in [0.5, 0.6) is 0 Å². The minimum atomic E-state index is -0.229. The molecule has 0 saturated carbocycles. The Morgan fingerprint density at radius 1 is 1.00 bits per heavy atom. The minimum Gasteiger partial charge on any atom is -0.236 e. The maximum Gasteiger partial charge on any atom is 0.124 e. The van der Waals surface area contributed by atoms with Gasteiger partial charge in [0.1, 0.15) is 10.8 Å². The van der Waals surface area contributed by atoms with E-state index in [0.29, 0.717) is 0 Å². The fourth-order valence-corrected chi connectivity index (χ4v) is 3.01. The van der Waals surface area contributed by atoms with E-state index in [9.17, 15) is 4.39 Å². The molecule has 0 fully saturated rings. The highest BCUT2D eigenvalue weighted by Crippen LogP contribution is 2.29. The molecule has 0 aliphatic heterocycles. The smallest absolute Gasteiger partial charge is 0.124 e. The Labute approximate surface area is 122 Å². The second-order valence-corrected chi connectivity index (χ2v) is 5.83. The van der Waals surface area contributed by atoms with Crippen molar-refractivity contribution >= 4 is 27.3 Å². The van der Waals surface area contributed by atoms with Crippen molar-refractivity contribution < 1.29 is 4.39 Å². The third-order valence-corrected chi connectivity index (χ3v) is 4.10. The lowest BCUT2D eigenvalue weighted by atomic mass is 10.2. The molecule has 0 saturated heterocycles. The van der Waals surface area contributed by atoms with E-state index in [1.54, 1.807) is 23.5 Å². The number of aromatic nitrogens is 1. The highest BCUT2D eigenvalue weighted by Gasteiger charge is 2.07. The van der Waals surface area contributed by atoms with Crippen LogP contribution in [0, 0.1) is 5.82 Å². The highest BCUT2D eigenvalue weighted by atomic mass is 79.9. The molecule has 1 heterocycles. The quantitative estimate of drug-likeness (QED) is 0.613. The van der Waals surface area contributed by atoms with Crippen molar-refractivity contribution in [1.82, 2.24) is 4.98 Å². The van der Waals surface area contributed by atoms with Crippen LogP contribution >= 0.6 is 27.3 Å². The predicted molar refractivity (Wildman–Crippen MR) is 80.6 cm³/mol. The summed E-state index contributed by atoms with van der Waals surface area (Å²) in [5.74, 6) is -0.229. The standard InChI is InChI=1S/C15H9BrFNS/c16-12-3-1-2-11(8-12)14-9-19-15(18-14)10-4-6-13(17)7-5-10/h1-9H. The molecule has 0 bridgehead atoms. The average Bonchev–Trinajstić information content (AvgIpc) is 2.89. The predicted octanol–water partition coefficient (Wildman–Crippen LogP) is 5.38. The number of rotatable bonds is 2. The Bertz CT molecular complexity index is 706. The van der Waals surface area contributed by atoms with Gasteiger partial charge in [0.05, 0.1) is 5.69 Å². The molecule has 0 aliphatic rings. The number of halogens is 2. The van der Waals surface area contributed by atoms with Crippen molar-refractivity contribution in [2.75, 3.05) is 0 Å². The summed E-state index contributed by atoms with van der Waals surface area (Å²) in [5, 5.41) is 2.91. The van der Waals surface area contributed by atoms with Crippen molar-refractivity contribution in [3.8, 4) is 21.8 Å². The van der Waals surface area contributed by atoms with E-state index >= 15 is 0 Å². The van der Waals surface area contributed by atoms with E-state index in [4.69, 9.17) is 0 Å². The molecule has 0 amide bonds. The third-order valence-electron chi connectivity index (χ3n) is 2.72. The van der Waals surface area contributed by atoms with Gasteiger partial charge in [0, 0.05) is 21.0 Å². The fourth-order valence-electron chi connectivity index (χ4n) is 1.78. The normalized spacial score (nSPS) is 10.6. The van der Waals surface area contributed by atoms with Gasteiger partial charge >= 0.3 is 0 Å². The van der Waals surface area contributed by atoms with Crippen LogP contribution in [0.2, 0.25) is 0 Å². The van der Waals surface area contributed by atoms with E-state index in [1.807, 2.05) is 29.6 Å². The SMILES string of the molecule is Fc1ccc(-c2nc(-c3cccc(Br)c3)cs2)cc1. The van der Waals surface area contributed by atoms with Gasteiger partial charge < -0.3 is 0 Å². The summed E-state index contributed by atoms with van der Waals surface area (Å²) in [6, 6.07) is 14.4. The molecule has 0 atom stereocenters. The first kappa shape index (κ1) is 12.5. The number of hydrogen-bond donors (Lipinski definition) is 0. The van der Waals surface area contributed by atoms with E-state index in [2.05, 4.69) is 20.9 Å². The van der Waals surface area contributed by atoms with Crippen molar-refractivity contribution in [2.24, 2.45) is 0 Å². The zero-order chi connectivity index (χ0) is 13.2. The molecule has 1 aromatic heterocycles. The monoisotopic (exact) mass is 333 g/mol. The van der Waals surface area contributed by atoms with Crippen LogP contribution in [-0.4, -0.2) is 4.98 Å². The summed E-state index contributed by atoms with van der Waals surface area (Å²) in [6.07, 6.45) is 0. The van der Waals surface area contributed by atoms with Crippen LogP contribution in [0.25, 0.3) is 21.8 Å². The lowest BCUT2D eigenvalue weighted by Crippen LogP contribution is -1.80. The van der Waals surface area contributed by atoms with Gasteiger partial charge in [0.25, 0.3) is 0 Å². The molecule has 0 radical (unpaired) electrons. The molecule has 0 aliphatic carbocycles. The van der Waals surface area contributed by atoms with Crippen LogP contribution in [0.15, 0.2) is 58.4 Å². The molecular weight excluding hydrogens is 325 g/mol. The summed E-state index contributed by atoms with van der Waals surface area (Å²) in [5.41, 5.74) is 2.94. The molecule has 0 unspecified atom stereocenters. The molecule has 3 rings (SSSR count). The Balaban J connectivity index is 1.97. The minimum absolute atomic E-state index is 0.229. The van der Waals surface area contributed by atoms with E-state index < -0.39 is 0 Å². The topological polar surface area (TPSA) is 12.9 Å². The molecular formula is C15H9BrFNS. The number of nitrogens with zero attached hydrogens (tertiary/aromatic N) is 1. The molecule has 19 heavy (non-hydrogen) atoms. The summed E-state index contributed by atoms with van der Waals surface area (Å²) in [4.78, 5) is 4.60. The number of thiazole rings is 1. The molecule has 2 aromatic carbocycles. The Morgan fingerprint density at radius 2 is 1.79 bits per heavy atom. The van der Waals surface area contributed by atoms with Gasteiger partial charge in [0.15, 0.2) is 0 Å². The van der Waals surface area contributed by atoms with Gasteiger partial charge in [-0.15, -0.1) is 11.3 Å². The zero-order valence-electron chi connectivity index (χ0n) is 9.81. The van der Waals surface area contributed by atoms with Gasteiger partial charge in [-0.05, 0) is 36.4 Å². The maximum absolute atomic E-state index is 12.9. The lowest BCUT2D eigenvalue weighted by Gasteiger charge is -1.98. The largest absolute Gasteiger partial charge is 0.236 e. The van der Waals surface area contributed by atoms with Gasteiger partial charge in [-0.3, -0.25) is 0 Å². The van der Waals surface area contributed by atoms with Gasteiger partial charge in [0.2, 0.25) is 0 Å². The van der Waals surface area contributed by atoms with Gasteiger partial charge in [-0.2, -0.15) is 0 Å². The molecule has 4 heteroatoms. The first-order chi connectivity index (χ1) is 9.22. The van der Waals surface area contributed by atoms with Crippen molar-refractivity contribution in [3.63, 3.8) is 0 Å². The molecule has 94 valence electrons. The average molecular weight is 334 g/mol. The van der Waals surface area contributed by atoms with Crippen molar-refractivity contribution in [2.45, 2.75) is 0 Å². The second-order valence-electron chi connectivity index (χ2n) is 4.06. The molecule has 1 nitrogen and oxygen atoms in total. The van der Waals surface area contributed by atoms with Crippen LogP contribution in [0.4, 0.5) is 4.39 Å². The summed E-state index contributed by atoms with van der Waals surface area (Å²) in [7, 11) is 0. The van der Waals surface area contributed by atoms with Crippen LogP contribution in [-0.2, 0) is 0 Å². The molecule has 0 N–H and O–H groups in total. The lowest BCUT2D eigenvalue weighted by molar-refractivity contribution is 0.628. The zero-order valence-corrected chi connectivity index (χ0v) is 12.2. The van der Waals surface area contributed by atoms with E-state index in [0.717, 1.165) is 26.3 Å². The summed E-state index contributed by atoms with van der Waals surface area (Å²) < 4.78 is 13.9. The van der Waals surface area contributed by atoms with Crippen LogP contribution < -0.4 is 0 Å². The first-order valence-electron chi connectivity index (χ1n) is 5.70. The summed E-state index contributed by atoms with van der Waals surface area (Å²) >= 11 is 5.01. The van der Waals surface area contributed by atoms with Crippen molar-refractivity contribution in [3.05, 3.63) is 64.2 Å². The molecule has 3 aromatic rings. The third kappa shape index (κ3) is 2.74. The number of benzene rings is 2. The van der Waals surface area contributed by atoms with Gasteiger partial charge in [-0.25, -0.2) is 9.37 Å². The summed E-state index contributed by atoms with van der Waals surface area (Å²) in [6.45, 7) is 0. The maximum atomic E-state index is 12.9. The first-order valence-corrected chi connectivity index (χ1v) is 7.37. The Kier molecular flexibility index (Phi) is 3.44. The van der Waals surface area contributed by atoms with Crippen molar-refractivity contribution in [1.29, 1.82) is 0 Å². The van der Waals surface area contributed by atoms with E-state index in [-0.39, 0.29) is 5.82 Å². The van der Waals surface area contributed by atoms with Crippen LogP contribution in [0.1, 0.15) is 0 Å². The van der Waals surface area contributed by atoms with Gasteiger partial charge in [-0.1, -0.05) is 28.1 Å². The van der Waals surface area contributed by atoms with E-state index in [1.165, 1.54) is 12.1 Å². The van der Waals surface area contributed by atoms with Crippen LogP contribution in [0.3, 0.4) is 0 Å². The highest BCUT2D eigenvalue weighted by molar-refractivity contribution is 9.10. The second kappa shape index (κ2) is 5.23.